The van der Waals surface area contributed by atoms with Crippen LogP contribution in [0.15, 0.2) is 24.3 Å². The molecule has 2 heteroatoms. The summed E-state index contributed by atoms with van der Waals surface area (Å²) in [5.74, 6) is 2.37. The molecule has 1 aromatic carbocycles. The summed E-state index contributed by atoms with van der Waals surface area (Å²) in [6.45, 7) is 2.25. The van der Waals surface area contributed by atoms with E-state index in [0.29, 0.717) is 12.2 Å². The Kier molecular flexibility index (Phi) is 5.00. The lowest BCUT2D eigenvalue weighted by atomic mass is 9.78. The van der Waals surface area contributed by atoms with Crippen molar-refractivity contribution >= 4 is 5.78 Å². The lowest BCUT2D eigenvalue weighted by Gasteiger charge is -2.26. The van der Waals surface area contributed by atoms with Crippen molar-refractivity contribution in [3.8, 4) is 5.75 Å². The molecule has 1 fully saturated rings. The number of ether oxygens (including phenoxy) is 1. The maximum atomic E-state index is 12.3. The Morgan fingerprint density at radius 3 is 2.63 bits per heavy atom. The molecule has 104 valence electrons. The van der Waals surface area contributed by atoms with Gasteiger partial charge in [-0.25, -0.2) is 0 Å². The summed E-state index contributed by atoms with van der Waals surface area (Å²) in [5, 5.41) is 0. The van der Waals surface area contributed by atoms with Gasteiger partial charge in [0.15, 0.2) is 0 Å². The Hall–Kier alpha value is -1.31. The molecule has 19 heavy (non-hydrogen) atoms. The van der Waals surface area contributed by atoms with Crippen molar-refractivity contribution in [3.63, 3.8) is 0 Å². The number of methoxy groups -OCH3 is 1. The predicted octanol–water partition coefficient (Wildman–Crippen LogP) is 4.02. The van der Waals surface area contributed by atoms with Crippen molar-refractivity contribution in [2.24, 2.45) is 11.8 Å². The Morgan fingerprint density at radius 2 is 2.00 bits per heavy atom. The summed E-state index contributed by atoms with van der Waals surface area (Å²) in [5.41, 5.74) is 1.07. The maximum absolute atomic E-state index is 12.3. The van der Waals surface area contributed by atoms with Crippen LogP contribution in [0.2, 0.25) is 0 Å². The Morgan fingerprint density at radius 1 is 1.26 bits per heavy atom. The highest BCUT2D eigenvalue weighted by molar-refractivity contribution is 5.83. The fraction of sp³-hybridized carbons (Fsp3) is 0.588. The predicted molar refractivity (Wildman–Crippen MR) is 77.4 cm³/mol. The van der Waals surface area contributed by atoms with Crippen LogP contribution in [0.25, 0.3) is 0 Å². The fourth-order valence-electron chi connectivity index (χ4n) is 3.02. The molecule has 1 aromatic rings. The minimum Gasteiger partial charge on any atom is -0.497 e. The molecular weight excluding hydrogens is 236 g/mol. The molecule has 0 spiro atoms. The SMILES string of the molecule is CCC1CCC(C(=O)Cc2cccc(OC)c2)CC1. The zero-order chi connectivity index (χ0) is 13.7. The van der Waals surface area contributed by atoms with Crippen LogP contribution in [0, 0.1) is 11.8 Å². The second-order valence-corrected chi connectivity index (χ2v) is 5.62. The quantitative estimate of drug-likeness (QED) is 0.799. The zero-order valence-electron chi connectivity index (χ0n) is 12.0. The number of benzene rings is 1. The van der Waals surface area contributed by atoms with Crippen molar-refractivity contribution in [1.29, 1.82) is 0 Å². The fourth-order valence-corrected chi connectivity index (χ4v) is 3.02. The highest BCUT2D eigenvalue weighted by Crippen LogP contribution is 2.31. The summed E-state index contributed by atoms with van der Waals surface area (Å²) in [7, 11) is 1.66. The summed E-state index contributed by atoms with van der Waals surface area (Å²) in [4.78, 5) is 12.3. The van der Waals surface area contributed by atoms with Crippen molar-refractivity contribution in [2.75, 3.05) is 7.11 Å². The molecule has 0 atom stereocenters. The molecule has 1 aliphatic carbocycles. The molecule has 0 aromatic heterocycles. The van der Waals surface area contributed by atoms with Gasteiger partial charge >= 0.3 is 0 Å². The van der Waals surface area contributed by atoms with E-state index >= 15 is 0 Å². The van der Waals surface area contributed by atoms with Gasteiger partial charge in [0.05, 0.1) is 7.11 Å². The van der Waals surface area contributed by atoms with Gasteiger partial charge in [0.2, 0.25) is 0 Å². The van der Waals surface area contributed by atoms with Crippen LogP contribution in [0.3, 0.4) is 0 Å². The van der Waals surface area contributed by atoms with Gasteiger partial charge < -0.3 is 4.74 Å². The summed E-state index contributed by atoms with van der Waals surface area (Å²) < 4.78 is 5.20. The van der Waals surface area contributed by atoms with E-state index in [2.05, 4.69) is 6.92 Å². The van der Waals surface area contributed by atoms with Crippen LogP contribution < -0.4 is 4.74 Å². The lowest BCUT2D eigenvalue weighted by Crippen LogP contribution is -2.23. The van der Waals surface area contributed by atoms with Crippen molar-refractivity contribution in [1.82, 2.24) is 0 Å². The number of hydrogen-bond donors (Lipinski definition) is 0. The Bertz CT molecular complexity index is 417. The van der Waals surface area contributed by atoms with Crippen LogP contribution in [-0.2, 0) is 11.2 Å². The first-order valence-corrected chi connectivity index (χ1v) is 7.38. The van der Waals surface area contributed by atoms with E-state index in [9.17, 15) is 4.79 Å². The lowest BCUT2D eigenvalue weighted by molar-refractivity contribution is -0.123. The first-order valence-electron chi connectivity index (χ1n) is 7.38. The minimum atomic E-state index is 0.286. The smallest absolute Gasteiger partial charge is 0.140 e. The normalized spacial score (nSPS) is 23.1. The van der Waals surface area contributed by atoms with E-state index in [-0.39, 0.29) is 5.92 Å². The zero-order valence-corrected chi connectivity index (χ0v) is 12.0. The van der Waals surface area contributed by atoms with Crippen LogP contribution in [0.5, 0.6) is 5.75 Å². The molecule has 2 nitrogen and oxygen atoms in total. The van der Waals surface area contributed by atoms with Gasteiger partial charge in [-0.05, 0) is 49.3 Å². The van der Waals surface area contributed by atoms with Crippen molar-refractivity contribution in [3.05, 3.63) is 29.8 Å². The monoisotopic (exact) mass is 260 g/mol. The molecule has 0 saturated heterocycles. The Labute approximate surface area is 116 Å². The molecule has 0 amide bonds. The van der Waals surface area contributed by atoms with Gasteiger partial charge in [0, 0.05) is 12.3 Å². The third-order valence-corrected chi connectivity index (χ3v) is 4.39. The van der Waals surface area contributed by atoms with Gasteiger partial charge in [0.1, 0.15) is 11.5 Å². The van der Waals surface area contributed by atoms with E-state index in [4.69, 9.17) is 4.74 Å². The molecule has 0 heterocycles. The van der Waals surface area contributed by atoms with Gasteiger partial charge in [-0.2, -0.15) is 0 Å². The van der Waals surface area contributed by atoms with E-state index in [1.54, 1.807) is 7.11 Å². The number of rotatable bonds is 5. The highest BCUT2D eigenvalue weighted by Gasteiger charge is 2.25. The van der Waals surface area contributed by atoms with E-state index in [1.165, 1.54) is 19.3 Å². The van der Waals surface area contributed by atoms with E-state index < -0.39 is 0 Å². The molecular formula is C17H24O2. The molecule has 0 aliphatic heterocycles. The molecule has 1 aliphatic rings. The van der Waals surface area contributed by atoms with E-state index in [0.717, 1.165) is 30.1 Å². The Balaban J connectivity index is 1.90. The van der Waals surface area contributed by atoms with Crippen LogP contribution in [0.4, 0.5) is 0 Å². The van der Waals surface area contributed by atoms with E-state index in [1.807, 2.05) is 24.3 Å². The molecule has 0 bridgehead atoms. The molecule has 0 N–H and O–H groups in total. The first-order chi connectivity index (χ1) is 9.22. The van der Waals surface area contributed by atoms with Crippen LogP contribution in [0.1, 0.15) is 44.6 Å². The summed E-state index contributed by atoms with van der Waals surface area (Å²) in [6.07, 6.45) is 6.44. The standard InChI is InChI=1S/C17H24O2/c1-3-13-7-9-15(10-8-13)17(18)12-14-5-4-6-16(11-14)19-2/h4-6,11,13,15H,3,7-10,12H2,1-2H3. The average Bonchev–Trinajstić information content (AvgIpc) is 2.47. The molecule has 0 unspecified atom stereocenters. The topological polar surface area (TPSA) is 26.3 Å². The third kappa shape index (κ3) is 3.82. The largest absolute Gasteiger partial charge is 0.497 e. The average molecular weight is 260 g/mol. The van der Waals surface area contributed by atoms with Crippen LogP contribution in [-0.4, -0.2) is 12.9 Å². The van der Waals surface area contributed by atoms with Gasteiger partial charge in [-0.15, -0.1) is 0 Å². The second-order valence-electron chi connectivity index (χ2n) is 5.62. The second kappa shape index (κ2) is 6.74. The van der Waals surface area contributed by atoms with Crippen LogP contribution >= 0.6 is 0 Å². The first kappa shape index (κ1) is 14.1. The number of ketones is 1. The van der Waals surface area contributed by atoms with Crippen molar-refractivity contribution < 1.29 is 9.53 Å². The number of carbonyl (C=O) groups excluding carboxylic acids is 1. The molecule has 0 radical (unpaired) electrons. The third-order valence-electron chi connectivity index (χ3n) is 4.39. The number of carbonyl (C=O) groups is 1. The minimum absolute atomic E-state index is 0.286. The van der Waals surface area contributed by atoms with Gasteiger partial charge in [-0.3, -0.25) is 4.79 Å². The summed E-state index contributed by atoms with van der Waals surface area (Å²) >= 11 is 0. The maximum Gasteiger partial charge on any atom is 0.140 e. The van der Waals surface area contributed by atoms with Crippen molar-refractivity contribution in [2.45, 2.75) is 45.4 Å². The number of Topliss-reactive ketones (excluding diaryl/α,β-unsaturated/α-hetero) is 1. The number of hydrogen-bond acceptors (Lipinski definition) is 2. The molecule has 1 saturated carbocycles. The van der Waals surface area contributed by atoms with Gasteiger partial charge in [-0.1, -0.05) is 25.5 Å². The highest BCUT2D eigenvalue weighted by atomic mass is 16.5. The summed E-state index contributed by atoms with van der Waals surface area (Å²) in [6, 6.07) is 7.85. The van der Waals surface area contributed by atoms with Gasteiger partial charge in [0.25, 0.3) is 0 Å². The molecule has 2 rings (SSSR count).